The van der Waals surface area contributed by atoms with Crippen LogP contribution < -0.4 is 0 Å². The van der Waals surface area contributed by atoms with Gasteiger partial charge in [0.25, 0.3) is 0 Å². The Kier molecular flexibility index (Phi) is 4.95. The molecule has 2 aromatic carbocycles. The fourth-order valence-electron chi connectivity index (χ4n) is 1.70. The van der Waals surface area contributed by atoms with Crippen LogP contribution in [-0.2, 0) is 28.6 Å². The number of carbonyl (C=O) groups is 1. The summed E-state index contributed by atoms with van der Waals surface area (Å²) in [5.41, 5.74) is 1.61. The van der Waals surface area contributed by atoms with Crippen molar-refractivity contribution < 1.29 is 30.0 Å². The summed E-state index contributed by atoms with van der Waals surface area (Å²) in [6, 6.07) is 10.9. The van der Waals surface area contributed by atoms with Crippen molar-refractivity contribution in [1.29, 1.82) is 0 Å². The van der Waals surface area contributed by atoms with E-state index in [9.17, 15) is 21.6 Å². The highest BCUT2D eigenvalue weighted by Crippen LogP contribution is 2.17. The van der Waals surface area contributed by atoms with Gasteiger partial charge in [-0.1, -0.05) is 35.4 Å². The number of benzene rings is 2. The third kappa shape index (κ3) is 4.33. The molecule has 0 fully saturated rings. The largest absolute Gasteiger partial charge is 0.540 e. The van der Waals surface area contributed by atoms with Gasteiger partial charge in [-0.2, -0.15) is 16.8 Å². The molecular weight excluding hydrogens is 356 g/mol. The molecule has 0 radical (unpaired) electrons. The van der Waals surface area contributed by atoms with E-state index in [0.29, 0.717) is 0 Å². The van der Waals surface area contributed by atoms with E-state index in [-0.39, 0.29) is 9.79 Å². The molecule has 0 bridgehead atoms. The summed E-state index contributed by atoms with van der Waals surface area (Å²) in [6.07, 6.45) is -1.85. The lowest BCUT2D eigenvalue weighted by molar-refractivity contribution is 0.157. The summed E-state index contributed by atoms with van der Waals surface area (Å²) >= 11 is 0. The van der Waals surface area contributed by atoms with E-state index < -0.39 is 26.4 Å². The van der Waals surface area contributed by atoms with Crippen molar-refractivity contribution in [2.75, 3.05) is 0 Å². The summed E-state index contributed by atoms with van der Waals surface area (Å²) < 4.78 is 56.0. The summed E-state index contributed by atoms with van der Waals surface area (Å²) in [6.45, 7) is 3.50. The van der Waals surface area contributed by atoms with Crippen molar-refractivity contribution in [2.24, 2.45) is 0 Å². The summed E-state index contributed by atoms with van der Waals surface area (Å²) in [5, 5.41) is 0. The fraction of sp³-hybridized carbons (Fsp3) is 0.133. The second-order valence-corrected chi connectivity index (χ2v) is 8.04. The van der Waals surface area contributed by atoms with Gasteiger partial charge in [-0.3, -0.25) is 0 Å². The third-order valence-corrected chi connectivity index (χ3v) is 5.38. The van der Waals surface area contributed by atoms with Crippen molar-refractivity contribution in [3.05, 3.63) is 59.7 Å². The van der Waals surface area contributed by atoms with Gasteiger partial charge < -0.3 is 8.37 Å². The average Bonchev–Trinajstić information content (AvgIpc) is 2.46. The predicted octanol–water partition coefficient (Wildman–Crippen LogP) is 2.53. The second-order valence-electron chi connectivity index (χ2n) is 4.95. The van der Waals surface area contributed by atoms with Gasteiger partial charge in [-0.05, 0) is 38.1 Å². The van der Waals surface area contributed by atoms with Gasteiger partial charge >= 0.3 is 26.4 Å². The van der Waals surface area contributed by atoms with Gasteiger partial charge in [0.15, 0.2) is 0 Å². The standard InChI is InChI=1S/C15H14O7S2/c1-11-3-7-13(8-4-11)23(17,18)21-15(16)22-24(19,20)14-9-5-12(2)6-10-14/h3-10H,1-2H3. The zero-order valence-corrected chi connectivity index (χ0v) is 14.4. The fourth-order valence-corrected chi connectivity index (χ4v) is 3.30. The highest BCUT2D eigenvalue weighted by Gasteiger charge is 2.27. The maximum atomic E-state index is 11.9. The smallest absolute Gasteiger partial charge is 0.307 e. The molecule has 0 spiro atoms. The minimum Gasteiger partial charge on any atom is -0.307 e. The first-order valence-electron chi connectivity index (χ1n) is 6.66. The number of rotatable bonds is 4. The Morgan fingerprint density at radius 1 is 0.667 bits per heavy atom. The maximum absolute atomic E-state index is 11.9. The van der Waals surface area contributed by atoms with Crippen LogP contribution in [0, 0.1) is 13.8 Å². The van der Waals surface area contributed by atoms with Crippen LogP contribution in [0.1, 0.15) is 11.1 Å². The molecular formula is C15H14O7S2. The summed E-state index contributed by atoms with van der Waals surface area (Å²) in [4.78, 5) is 11.0. The zero-order valence-electron chi connectivity index (χ0n) is 12.8. The van der Waals surface area contributed by atoms with Gasteiger partial charge in [0.2, 0.25) is 0 Å². The van der Waals surface area contributed by atoms with E-state index in [1.165, 1.54) is 48.5 Å². The Bertz CT molecular complexity index is 862. The van der Waals surface area contributed by atoms with Crippen molar-refractivity contribution >= 4 is 26.4 Å². The van der Waals surface area contributed by atoms with Crippen molar-refractivity contribution in [3.8, 4) is 0 Å². The zero-order chi connectivity index (χ0) is 18.0. The number of hydrogen-bond donors (Lipinski definition) is 0. The molecule has 0 heterocycles. The van der Waals surface area contributed by atoms with Crippen LogP contribution in [0.15, 0.2) is 58.3 Å². The molecule has 0 unspecified atom stereocenters. The van der Waals surface area contributed by atoms with Crippen LogP contribution >= 0.6 is 0 Å². The van der Waals surface area contributed by atoms with E-state index in [4.69, 9.17) is 0 Å². The van der Waals surface area contributed by atoms with E-state index in [1.54, 1.807) is 13.8 Å². The SMILES string of the molecule is Cc1ccc(S(=O)(=O)OC(=O)OS(=O)(=O)c2ccc(C)cc2)cc1. The highest BCUT2D eigenvalue weighted by atomic mass is 32.2. The van der Waals surface area contributed by atoms with Crippen molar-refractivity contribution in [3.63, 3.8) is 0 Å². The molecule has 0 aliphatic carbocycles. The predicted molar refractivity (Wildman–Crippen MR) is 84.3 cm³/mol. The normalized spacial score (nSPS) is 11.8. The Balaban J connectivity index is 2.15. The first kappa shape index (κ1) is 18.0. The van der Waals surface area contributed by atoms with E-state index >= 15 is 0 Å². The average molecular weight is 370 g/mol. The molecule has 2 aromatic rings. The highest BCUT2D eigenvalue weighted by molar-refractivity contribution is 7.88. The number of hydrogen-bond acceptors (Lipinski definition) is 7. The van der Waals surface area contributed by atoms with Crippen LogP contribution in [0.4, 0.5) is 4.79 Å². The van der Waals surface area contributed by atoms with E-state index in [2.05, 4.69) is 8.37 Å². The second kappa shape index (κ2) is 6.62. The lowest BCUT2D eigenvalue weighted by Gasteiger charge is -2.07. The lowest BCUT2D eigenvalue weighted by Crippen LogP contribution is -2.18. The van der Waals surface area contributed by atoms with Crippen molar-refractivity contribution in [2.45, 2.75) is 23.6 Å². The molecule has 0 aliphatic heterocycles. The molecule has 0 atom stereocenters. The Labute approximate surface area is 140 Å². The molecule has 0 amide bonds. The van der Waals surface area contributed by atoms with Gasteiger partial charge in [-0.25, -0.2) is 4.79 Å². The summed E-state index contributed by atoms with van der Waals surface area (Å²) in [5.74, 6) is 0. The molecule has 0 aromatic heterocycles. The maximum Gasteiger partial charge on any atom is 0.540 e. The molecule has 128 valence electrons. The van der Waals surface area contributed by atoms with E-state index in [0.717, 1.165) is 11.1 Å². The van der Waals surface area contributed by atoms with Crippen LogP contribution in [0.3, 0.4) is 0 Å². The molecule has 0 saturated carbocycles. The molecule has 0 saturated heterocycles. The molecule has 7 nitrogen and oxygen atoms in total. The number of carbonyl (C=O) groups excluding carboxylic acids is 1. The Morgan fingerprint density at radius 3 is 1.25 bits per heavy atom. The van der Waals surface area contributed by atoms with Crippen LogP contribution in [0.2, 0.25) is 0 Å². The van der Waals surface area contributed by atoms with E-state index in [1.807, 2.05) is 0 Å². The molecule has 0 N–H and O–H groups in total. The molecule has 0 aliphatic rings. The Morgan fingerprint density at radius 2 is 0.958 bits per heavy atom. The summed E-state index contributed by atoms with van der Waals surface area (Å²) in [7, 11) is -8.95. The van der Waals surface area contributed by atoms with Gasteiger partial charge in [0.05, 0.1) is 0 Å². The Hall–Kier alpha value is -2.39. The van der Waals surface area contributed by atoms with Crippen molar-refractivity contribution in [1.82, 2.24) is 0 Å². The van der Waals surface area contributed by atoms with Gasteiger partial charge in [0, 0.05) is 0 Å². The van der Waals surface area contributed by atoms with Crippen LogP contribution in [0.5, 0.6) is 0 Å². The first-order chi connectivity index (χ1) is 11.1. The quantitative estimate of drug-likeness (QED) is 0.762. The molecule has 2 rings (SSSR count). The van der Waals surface area contributed by atoms with Crippen LogP contribution in [0.25, 0.3) is 0 Å². The topological polar surface area (TPSA) is 104 Å². The van der Waals surface area contributed by atoms with Gasteiger partial charge in [0.1, 0.15) is 9.79 Å². The molecule has 24 heavy (non-hydrogen) atoms. The lowest BCUT2D eigenvalue weighted by atomic mass is 10.2. The van der Waals surface area contributed by atoms with Crippen LogP contribution in [-0.4, -0.2) is 23.0 Å². The monoisotopic (exact) mass is 370 g/mol. The third-order valence-electron chi connectivity index (χ3n) is 2.97. The molecule has 9 heteroatoms. The van der Waals surface area contributed by atoms with Gasteiger partial charge in [-0.15, -0.1) is 0 Å². The minimum absolute atomic E-state index is 0.294. The number of aryl methyl sites for hydroxylation is 2. The minimum atomic E-state index is -4.48. The first-order valence-corrected chi connectivity index (χ1v) is 9.48.